The second kappa shape index (κ2) is 7.58. The van der Waals surface area contributed by atoms with Crippen LogP contribution in [-0.4, -0.2) is 34.0 Å². The number of fused-ring (bicyclic) bond motifs is 4. The lowest BCUT2D eigenvalue weighted by molar-refractivity contribution is -0.124. The summed E-state index contributed by atoms with van der Waals surface area (Å²) in [7, 11) is 0. The van der Waals surface area contributed by atoms with Crippen LogP contribution in [-0.2, 0) is 11.2 Å². The van der Waals surface area contributed by atoms with Crippen molar-refractivity contribution in [3.05, 3.63) is 53.2 Å². The predicted molar refractivity (Wildman–Crippen MR) is 119 cm³/mol. The first-order valence-corrected chi connectivity index (χ1v) is 10.9. The second-order valence-corrected chi connectivity index (χ2v) is 9.14. The van der Waals surface area contributed by atoms with E-state index >= 15 is 0 Å². The Kier molecular flexibility index (Phi) is 4.84. The lowest BCUT2D eigenvalue weighted by atomic mass is 9.91. The number of ether oxygens (including phenoxy) is 2. The molecule has 1 aromatic heterocycles. The average Bonchev–Trinajstić information content (AvgIpc) is 3.10. The molecule has 32 heavy (non-hydrogen) atoms. The lowest BCUT2D eigenvalue weighted by Gasteiger charge is -2.32. The number of phenolic OH excluding ortho intramolecular Hbond substituents is 1. The van der Waals surface area contributed by atoms with E-state index < -0.39 is 5.60 Å². The van der Waals surface area contributed by atoms with Crippen LogP contribution in [0, 0.1) is 0 Å². The van der Waals surface area contributed by atoms with Crippen molar-refractivity contribution in [1.82, 2.24) is 10.3 Å². The number of aryl methyl sites for hydroxylation is 1. The molecule has 0 fully saturated rings. The van der Waals surface area contributed by atoms with E-state index in [2.05, 4.69) is 16.4 Å². The van der Waals surface area contributed by atoms with Crippen molar-refractivity contribution in [3.8, 4) is 17.2 Å². The highest BCUT2D eigenvalue weighted by atomic mass is 16.5. The third-order valence-corrected chi connectivity index (χ3v) is 6.13. The van der Waals surface area contributed by atoms with Gasteiger partial charge in [-0.15, -0.1) is 0 Å². The number of para-hydroxylation sites is 1. The minimum Gasteiger partial charge on any atom is -0.507 e. The third kappa shape index (κ3) is 3.68. The van der Waals surface area contributed by atoms with Gasteiger partial charge in [-0.25, -0.2) is 0 Å². The summed E-state index contributed by atoms with van der Waals surface area (Å²) in [5.74, 6) is -0.0811. The van der Waals surface area contributed by atoms with Gasteiger partial charge in [0.15, 0.2) is 12.4 Å². The number of Topliss-reactive ketones (excluding diaryl/α,β-unsaturated/α-hetero) is 1. The standard InChI is InChI=1S/C25H26N2O5/c1-25(2)12-20(29)23-19(28)10-14(11-21(23)32-25)31-13-22(30)26-18-9-5-7-16-15-6-3-4-8-17(15)27-24(16)18/h3-4,6,8,10-11,18,27-28H,5,7,9,12-13H2,1-2H3,(H,26,30). The zero-order valence-corrected chi connectivity index (χ0v) is 18.2. The monoisotopic (exact) mass is 434 g/mol. The fraction of sp³-hybridized carbons (Fsp3) is 0.360. The number of hydrogen-bond donors (Lipinski definition) is 3. The molecule has 0 saturated carbocycles. The number of carbonyl (C=O) groups excluding carboxylic acids is 2. The molecule has 7 heteroatoms. The molecule has 0 radical (unpaired) electrons. The summed E-state index contributed by atoms with van der Waals surface area (Å²) < 4.78 is 11.5. The van der Waals surface area contributed by atoms with Crippen molar-refractivity contribution >= 4 is 22.6 Å². The van der Waals surface area contributed by atoms with Gasteiger partial charge in [0.2, 0.25) is 0 Å². The Balaban J connectivity index is 1.29. The summed E-state index contributed by atoms with van der Waals surface area (Å²) in [6.07, 6.45) is 3.04. The van der Waals surface area contributed by atoms with Crippen LogP contribution in [0.25, 0.3) is 10.9 Å². The summed E-state index contributed by atoms with van der Waals surface area (Å²) in [6, 6.07) is 11.0. The van der Waals surface area contributed by atoms with Gasteiger partial charge in [0, 0.05) is 28.7 Å². The molecule has 1 unspecified atom stereocenters. The van der Waals surface area contributed by atoms with Gasteiger partial charge in [-0.2, -0.15) is 0 Å². The van der Waals surface area contributed by atoms with Crippen LogP contribution in [0.2, 0.25) is 0 Å². The van der Waals surface area contributed by atoms with Gasteiger partial charge in [0.05, 0.1) is 12.5 Å². The van der Waals surface area contributed by atoms with Gasteiger partial charge in [0.1, 0.15) is 28.4 Å². The molecule has 2 aliphatic rings. The first-order valence-electron chi connectivity index (χ1n) is 10.9. The second-order valence-electron chi connectivity index (χ2n) is 9.14. The highest BCUT2D eigenvalue weighted by Crippen LogP contribution is 2.41. The molecule has 0 bridgehead atoms. The molecule has 3 N–H and O–H groups in total. The molecule has 0 spiro atoms. The van der Waals surface area contributed by atoms with Gasteiger partial charge in [-0.1, -0.05) is 18.2 Å². The average molecular weight is 434 g/mol. The van der Waals surface area contributed by atoms with Gasteiger partial charge in [-0.05, 0) is 44.7 Å². The van der Waals surface area contributed by atoms with Crippen molar-refractivity contribution in [3.63, 3.8) is 0 Å². The molecule has 166 valence electrons. The molecular weight excluding hydrogens is 408 g/mol. The molecule has 2 heterocycles. The molecule has 1 amide bonds. The minimum absolute atomic E-state index is 0.0964. The van der Waals surface area contributed by atoms with Gasteiger partial charge in [0.25, 0.3) is 5.91 Å². The Labute approximate surface area is 185 Å². The van der Waals surface area contributed by atoms with Crippen molar-refractivity contribution in [1.29, 1.82) is 0 Å². The van der Waals surface area contributed by atoms with Crippen molar-refractivity contribution in [2.24, 2.45) is 0 Å². The van der Waals surface area contributed by atoms with Crippen molar-refractivity contribution in [2.45, 2.75) is 51.2 Å². The van der Waals surface area contributed by atoms with Crippen LogP contribution >= 0.6 is 0 Å². The van der Waals surface area contributed by atoms with Gasteiger partial charge >= 0.3 is 0 Å². The Morgan fingerprint density at radius 1 is 1.31 bits per heavy atom. The number of phenols is 1. The molecule has 1 aliphatic heterocycles. The molecule has 5 rings (SSSR count). The number of carbonyl (C=O) groups is 2. The Morgan fingerprint density at radius 3 is 2.97 bits per heavy atom. The lowest BCUT2D eigenvalue weighted by Crippen LogP contribution is -2.36. The number of H-pyrrole nitrogens is 1. The molecule has 0 saturated heterocycles. The number of aromatic nitrogens is 1. The molecule has 3 aromatic rings. The van der Waals surface area contributed by atoms with E-state index in [1.54, 1.807) is 6.07 Å². The zero-order valence-electron chi connectivity index (χ0n) is 18.2. The molecule has 1 atom stereocenters. The maximum atomic E-state index is 12.6. The minimum atomic E-state index is -0.662. The van der Waals surface area contributed by atoms with Crippen LogP contribution in [0.1, 0.15) is 60.8 Å². The fourth-order valence-electron chi connectivity index (χ4n) is 4.77. The third-order valence-electron chi connectivity index (χ3n) is 6.13. The Bertz CT molecular complexity index is 1230. The smallest absolute Gasteiger partial charge is 0.258 e. The van der Waals surface area contributed by atoms with E-state index in [1.807, 2.05) is 32.0 Å². The molecule has 2 aromatic carbocycles. The van der Waals surface area contributed by atoms with E-state index in [9.17, 15) is 14.7 Å². The number of ketones is 1. The Hall–Kier alpha value is -3.48. The number of rotatable bonds is 4. The molecule has 1 aliphatic carbocycles. The normalized spacial score (nSPS) is 19.1. The Morgan fingerprint density at radius 2 is 2.12 bits per heavy atom. The number of benzene rings is 2. The van der Waals surface area contributed by atoms with E-state index in [1.165, 1.54) is 17.0 Å². The SMILES string of the molecule is CC1(C)CC(=O)c2c(O)cc(OCC(=O)NC3CCCc4c3[nH]c3ccccc43)cc2O1. The van der Waals surface area contributed by atoms with Crippen LogP contribution in [0.3, 0.4) is 0 Å². The number of nitrogens with one attached hydrogen (secondary N) is 2. The van der Waals surface area contributed by atoms with Crippen LogP contribution < -0.4 is 14.8 Å². The van der Waals surface area contributed by atoms with E-state index in [4.69, 9.17) is 9.47 Å². The quantitative estimate of drug-likeness (QED) is 0.572. The number of hydrogen-bond acceptors (Lipinski definition) is 5. The fourth-order valence-corrected chi connectivity index (χ4v) is 4.77. The van der Waals surface area contributed by atoms with E-state index in [-0.39, 0.29) is 53.6 Å². The summed E-state index contributed by atoms with van der Waals surface area (Å²) >= 11 is 0. The first kappa shape index (κ1) is 20.4. The maximum Gasteiger partial charge on any atom is 0.258 e. The maximum absolute atomic E-state index is 12.6. The molecule has 7 nitrogen and oxygen atoms in total. The number of aromatic hydroxyl groups is 1. The zero-order chi connectivity index (χ0) is 22.5. The highest BCUT2D eigenvalue weighted by Gasteiger charge is 2.35. The highest BCUT2D eigenvalue weighted by molar-refractivity contribution is 6.03. The predicted octanol–water partition coefficient (Wildman–Crippen LogP) is 4.19. The van der Waals surface area contributed by atoms with E-state index in [0.29, 0.717) is 0 Å². The summed E-state index contributed by atoms with van der Waals surface area (Å²) in [5, 5.41) is 14.6. The van der Waals surface area contributed by atoms with Crippen LogP contribution in [0.4, 0.5) is 0 Å². The van der Waals surface area contributed by atoms with Crippen LogP contribution in [0.15, 0.2) is 36.4 Å². The summed E-state index contributed by atoms with van der Waals surface area (Å²) in [5.41, 5.74) is 2.91. The number of amides is 1. The van der Waals surface area contributed by atoms with Crippen molar-refractivity contribution in [2.75, 3.05) is 6.61 Å². The number of aromatic amines is 1. The van der Waals surface area contributed by atoms with Gasteiger partial charge < -0.3 is 24.9 Å². The summed E-state index contributed by atoms with van der Waals surface area (Å²) in [4.78, 5) is 28.4. The first-order chi connectivity index (χ1) is 15.3. The van der Waals surface area contributed by atoms with Crippen LogP contribution in [0.5, 0.6) is 17.2 Å². The van der Waals surface area contributed by atoms with Crippen molar-refractivity contribution < 1.29 is 24.2 Å². The van der Waals surface area contributed by atoms with E-state index in [0.717, 1.165) is 30.5 Å². The largest absolute Gasteiger partial charge is 0.507 e. The van der Waals surface area contributed by atoms with Gasteiger partial charge in [-0.3, -0.25) is 9.59 Å². The topological polar surface area (TPSA) is 101 Å². The molecular formula is C25H26N2O5. The summed E-state index contributed by atoms with van der Waals surface area (Å²) in [6.45, 7) is 3.42.